The smallest absolute Gasteiger partial charge is 0.331 e. The Bertz CT molecular complexity index is 954. The molecule has 0 saturated carbocycles. The fourth-order valence-corrected chi connectivity index (χ4v) is 2.51. The van der Waals surface area contributed by atoms with Crippen LogP contribution in [-0.4, -0.2) is 44.8 Å². The highest BCUT2D eigenvalue weighted by Gasteiger charge is 2.14. The van der Waals surface area contributed by atoms with E-state index in [1.165, 1.54) is 12.2 Å². The first-order valence-corrected chi connectivity index (χ1v) is 9.03. The third-order valence-corrected chi connectivity index (χ3v) is 3.93. The largest absolute Gasteiger partial charge is 0.497 e. The van der Waals surface area contributed by atoms with Gasteiger partial charge in [-0.2, -0.15) is 0 Å². The lowest BCUT2D eigenvalue weighted by atomic mass is 10.2. The molecule has 0 bridgehead atoms. The molecule has 9 heteroatoms. The molecule has 0 fully saturated rings. The van der Waals surface area contributed by atoms with E-state index in [-0.39, 0.29) is 0 Å². The number of hydrogen-bond acceptors (Lipinski definition) is 7. The van der Waals surface area contributed by atoms with Gasteiger partial charge in [-0.1, -0.05) is 12.1 Å². The number of carbonyl (C=O) groups excluding carboxylic acids is 3. The minimum absolute atomic E-state index is 0.416. The summed E-state index contributed by atoms with van der Waals surface area (Å²) in [6.07, 6.45) is 2.72. The molecule has 3 amide bonds. The average molecular weight is 412 g/mol. The SMILES string of the molecule is COc1ccc(/C=C/C(=O)OCC(=O)NC(=O)Nc2ccc3c(c2)OCCO3)cc1. The number of rotatable bonds is 6. The highest BCUT2D eigenvalue weighted by molar-refractivity contribution is 6.02. The van der Waals surface area contributed by atoms with E-state index in [1.54, 1.807) is 49.6 Å². The first-order chi connectivity index (χ1) is 14.5. The molecule has 1 aliphatic rings. The summed E-state index contributed by atoms with van der Waals surface area (Å²) in [5, 5.41) is 4.57. The van der Waals surface area contributed by atoms with Gasteiger partial charge in [-0.25, -0.2) is 9.59 Å². The van der Waals surface area contributed by atoms with Crippen molar-refractivity contribution in [1.82, 2.24) is 5.32 Å². The summed E-state index contributed by atoms with van der Waals surface area (Å²) in [6.45, 7) is 0.280. The number of esters is 1. The standard InChI is InChI=1S/C21H20N2O7/c1-27-16-6-2-14(3-7-16)4-9-20(25)30-13-19(24)23-21(26)22-15-5-8-17-18(12-15)29-11-10-28-17/h2-9,12H,10-11,13H2,1H3,(H2,22,23,24,26)/b9-4+. The maximum Gasteiger partial charge on any atom is 0.331 e. The molecule has 2 N–H and O–H groups in total. The molecule has 2 aromatic rings. The summed E-state index contributed by atoms with van der Waals surface area (Å²) >= 11 is 0. The van der Waals surface area contributed by atoms with Gasteiger partial charge < -0.3 is 24.3 Å². The molecule has 0 aromatic heterocycles. The molecule has 0 radical (unpaired) electrons. The molecule has 0 atom stereocenters. The van der Waals surface area contributed by atoms with Gasteiger partial charge in [-0.3, -0.25) is 10.1 Å². The molecule has 0 unspecified atom stereocenters. The second-order valence-electron chi connectivity index (χ2n) is 6.07. The molecule has 2 aromatic carbocycles. The summed E-state index contributed by atoms with van der Waals surface area (Å²) in [5.41, 5.74) is 1.18. The number of hydrogen-bond donors (Lipinski definition) is 2. The number of nitrogens with one attached hydrogen (secondary N) is 2. The predicted octanol–water partition coefficient (Wildman–Crippen LogP) is 2.37. The van der Waals surface area contributed by atoms with E-state index in [0.29, 0.717) is 36.1 Å². The fraction of sp³-hybridized carbons (Fsp3) is 0.190. The number of methoxy groups -OCH3 is 1. The van der Waals surface area contributed by atoms with E-state index < -0.39 is 24.5 Å². The molecule has 1 aliphatic heterocycles. The molecular weight excluding hydrogens is 392 g/mol. The Balaban J connectivity index is 1.41. The van der Waals surface area contributed by atoms with Gasteiger partial charge in [-0.15, -0.1) is 0 Å². The Morgan fingerprint density at radius 3 is 2.50 bits per heavy atom. The highest BCUT2D eigenvalue weighted by atomic mass is 16.6. The van der Waals surface area contributed by atoms with Crippen molar-refractivity contribution in [3.8, 4) is 17.2 Å². The second kappa shape index (κ2) is 9.97. The Hall–Kier alpha value is -4.01. The lowest BCUT2D eigenvalue weighted by molar-refractivity contribution is -0.143. The summed E-state index contributed by atoms with van der Waals surface area (Å²) in [7, 11) is 1.56. The van der Waals surface area contributed by atoms with Crippen LogP contribution in [0.3, 0.4) is 0 Å². The van der Waals surface area contributed by atoms with Crippen molar-refractivity contribution in [1.29, 1.82) is 0 Å². The summed E-state index contributed by atoms with van der Waals surface area (Å²) in [6, 6.07) is 11.1. The van der Waals surface area contributed by atoms with Gasteiger partial charge in [0, 0.05) is 17.8 Å². The Morgan fingerprint density at radius 2 is 1.77 bits per heavy atom. The van der Waals surface area contributed by atoms with Gasteiger partial charge in [0.15, 0.2) is 18.1 Å². The van der Waals surface area contributed by atoms with E-state index in [9.17, 15) is 14.4 Å². The lowest BCUT2D eigenvalue weighted by Crippen LogP contribution is -2.37. The maximum absolute atomic E-state index is 11.9. The van der Waals surface area contributed by atoms with Crippen LogP contribution < -0.4 is 24.8 Å². The number of urea groups is 1. The van der Waals surface area contributed by atoms with E-state index in [1.807, 2.05) is 0 Å². The van der Waals surface area contributed by atoms with Crippen molar-refractivity contribution in [3.63, 3.8) is 0 Å². The van der Waals surface area contributed by atoms with Crippen LogP contribution in [0.2, 0.25) is 0 Å². The lowest BCUT2D eigenvalue weighted by Gasteiger charge is -2.19. The Labute approximate surface area is 172 Å². The number of fused-ring (bicyclic) bond motifs is 1. The van der Waals surface area contributed by atoms with E-state index in [2.05, 4.69) is 10.6 Å². The number of amides is 3. The van der Waals surface area contributed by atoms with E-state index >= 15 is 0 Å². The molecule has 0 saturated heterocycles. The Morgan fingerprint density at radius 1 is 1.03 bits per heavy atom. The molecule has 0 spiro atoms. The molecular formula is C21H20N2O7. The van der Waals surface area contributed by atoms with Crippen LogP contribution in [0.25, 0.3) is 6.08 Å². The second-order valence-corrected chi connectivity index (χ2v) is 6.07. The number of ether oxygens (including phenoxy) is 4. The molecule has 9 nitrogen and oxygen atoms in total. The van der Waals surface area contributed by atoms with Crippen molar-refractivity contribution in [3.05, 3.63) is 54.1 Å². The van der Waals surface area contributed by atoms with Crippen molar-refractivity contribution in [2.24, 2.45) is 0 Å². The average Bonchev–Trinajstić information content (AvgIpc) is 2.76. The van der Waals surface area contributed by atoms with Crippen molar-refractivity contribution < 1.29 is 33.3 Å². The minimum atomic E-state index is -0.767. The van der Waals surface area contributed by atoms with Gasteiger partial charge in [-0.05, 0) is 35.9 Å². The van der Waals surface area contributed by atoms with Crippen LogP contribution in [0, 0.1) is 0 Å². The Kier molecular flexibility index (Phi) is 6.88. The van der Waals surface area contributed by atoms with Crippen molar-refractivity contribution in [2.75, 3.05) is 32.2 Å². The van der Waals surface area contributed by atoms with Crippen LogP contribution in [0.15, 0.2) is 48.5 Å². The van der Waals surface area contributed by atoms with Gasteiger partial charge in [0.2, 0.25) is 0 Å². The van der Waals surface area contributed by atoms with Crippen molar-refractivity contribution in [2.45, 2.75) is 0 Å². The first kappa shape index (κ1) is 20.7. The van der Waals surface area contributed by atoms with Crippen LogP contribution in [0.5, 0.6) is 17.2 Å². The number of benzene rings is 2. The zero-order valence-corrected chi connectivity index (χ0v) is 16.2. The van der Waals surface area contributed by atoms with Crippen LogP contribution in [-0.2, 0) is 14.3 Å². The van der Waals surface area contributed by atoms with Crippen LogP contribution >= 0.6 is 0 Å². The first-order valence-electron chi connectivity index (χ1n) is 9.03. The third-order valence-electron chi connectivity index (χ3n) is 3.93. The van der Waals surface area contributed by atoms with Gasteiger partial charge in [0.25, 0.3) is 5.91 Å². The minimum Gasteiger partial charge on any atom is -0.497 e. The normalized spacial score (nSPS) is 12.2. The summed E-state index contributed by atoms with van der Waals surface area (Å²) < 4.78 is 20.7. The van der Waals surface area contributed by atoms with Gasteiger partial charge in [0.1, 0.15) is 19.0 Å². The monoisotopic (exact) mass is 412 g/mol. The quantitative estimate of drug-likeness (QED) is 0.553. The molecule has 3 rings (SSSR count). The summed E-state index contributed by atoms with van der Waals surface area (Å²) in [5.74, 6) is 0.297. The third kappa shape index (κ3) is 5.99. The summed E-state index contributed by atoms with van der Waals surface area (Å²) in [4.78, 5) is 35.4. The fourth-order valence-electron chi connectivity index (χ4n) is 2.51. The number of imide groups is 1. The van der Waals surface area contributed by atoms with Gasteiger partial charge in [0.05, 0.1) is 7.11 Å². The molecule has 1 heterocycles. The van der Waals surface area contributed by atoms with Crippen LogP contribution in [0.4, 0.5) is 10.5 Å². The zero-order valence-electron chi connectivity index (χ0n) is 16.2. The number of anilines is 1. The highest BCUT2D eigenvalue weighted by Crippen LogP contribution is 2.32. The number of carbonyl (C=O) groups is 3. The van der Waals surface area contributed by atoms with E-state index in [4.69, 9.17) is 18.9 Å². The predicted molar refractivity (Wildman–Crippen MR) is 108 cm³/mol. The van der Waals surface area contributed by atoms with Crippen molar-refractivity contribution >= 4 is 29.7 Å². The molecule has 0 aliphatic carbocycles. The molecule has 156 valence electrons. The topological polar surface area (TPSA) is 112 Å². The maximum atomic E-state index is 11.9. The molecule has 30 heavy (non-hydrogen) atoms. The zero-order chi connectivity index (χ0) is 21.3. The van der Waals surface area contributed by atoms with Gasteiger partial charge >= 0.3 is 12.0 Å². The van der Waals surface area contributed by atoms with Crippen LogP contribution in [0.1, 0.15) is 5.56 Å². The van der Waals surface area contributed by atoms with E-state index in [0.717, 1.165) is 5.56 Å².